The Morgan fingerprint density at radius 1 is 0.895 bits per heavy atom. The fraction of sp³-hybridized carbons (Fsp3) is 0.111. The Balaban J connectivity index is 2.03. The summed E-state index contributed by atoms with van der Waals surface area (Å²) in [5.74, 6) is 0. The van der Waals surface area contributed by atoms with E-state index in [9.17, 15) is 0 Å². The maximum atomic E-state index is 4.17. The van der Waals surface area contributed by atoms with Crippen molar-refractivity contribution in [2.45, 2.75) is 11.3 Å². The van der Waals surface area contributed by atoms with Gasteiger partial charge in [-0.15, -0.1) is 11.8 Å². The molecule has 1 aliphatic carbocycles. The van der Waals surface area contributed by atoms with Crippen LogP contribution in [0.2, 0.25) is 0 Å². The lowest BCUT2D eigenvalue weighted by Crippen LogP contribution is -2.05. The monoisotopic (exact) mass is 264 g/mol. The van der Waals surface area contributed by atoms with E-state index in [-0.39, 0.29) is 0 Å². The molecule has 0 spiro atoms. The van der Waals surface area contributed by atoms with Gasteiger partial charge in [-0.25, -0.2) is 0 Å². The molecule has 0 saturated heterocycles. The van der Waals surface area contributed by atoms with E-state index in [1.54, 1.807) is 11.8 Å². The second kappa shape index (κ2) is 5.10. The molecule has 0 aliphatic heterocycles. The highest BCUT2D eigenvalue weighted by atomic mass is 32.2. The highest BCUT2D eigenvalue weighted by molar-refractivity contribution is 7.98. The molecule has 0 N–H and O–H groups in total. The zero-order chi connectivity index (χ0) is 13.2. The van der Waals surface area contributed by atoms with Gasteiger partial charge in [0.05, 0.1) is 0 Å². The highest BCUT2D eigenvalue weighted by Crippen LogP contribution is 2.45. The number of allylic oxidation sites excluding steroid dienone is 3. The Morgan fingerprint density at radius 3 is 2.16 bits per heavy atom. The van der Waals surface area contributed by atoms with Crippen molar-refractivity contribution in [1.29, 1.82) is 0 Å². The van der Waals surface area contributed by atoms with Crippen molar-refractivity contribution < 1.29 is 0 Å². The van der Waals surface area contributed by atoms with E-state index in [1.165, 1.54) is 32.7 Å². The lowest BCUT2D eigenvalue weighted by molar-refractivity contribution is 1.23. The second-order valence-corrected chi connectivity index (χ2v) is 5.61. The van der Waals surface area contributed by atoms with E-state index >= 15 is 0 Å². The first-order valence-electron chi connectivity index (χ1n) is 6.41. The smallest absolute Gasteiger partial charge is 0.00695 e. The molecule has 2 aromatic rings. The van der Waals surface area contributed by atoms with E-state index in [1.807, 2.05) is 0 Å². The molecule has 1 aliphatic rings. The van der Waals surface area contributed by atoms with Crippen LogP contribution in [0.15, 0.2) is 71.6 Å². The molecule has 0 nitrogen and oxygen atoms in total. The van der Waals surface area contributed by atoms with Gasteiger partial charge in [0, 0.05) is 4.90 Å². The minimum absolute atomic E-state index is 1.00. The molecule has 2 aromatic carbocycles. The molecule has 0 aromatic heterocycles. The summed E-state index contributed by atoms with van der Waals surface area (Å²) in [5.41, 5.74) is 6.60. The second-order valence-electron chi connectivity index (χ2n) is 4.73. The lowest BCUT2D eigenvalue weighted by Gasteiger charge is -2.27. The van der Waals surface area contributed by atoms with E-state index in [0.29, 0.717) is 0 Å². The Morgan fingerprint density at radius 2 is 1.58 bits per heavy atom. The molecule has 0 amide bonds. The molecule has 0 bridgehead atoms. The van der Waals surface area contributed by atoms with Crippen molar-refractivity contribution in [2.75, 3.05) is 6.26 Å². The Kier molecular flexibility index (Phi) is 3.31. The highest BCUT2D eigenvalue weighted by Gasteiger charge is 2.23. The average Bonchev–Trinajstić information content (AvgIpc) is 2.46. The first-order valence-corrected chi connectivity index (χ1v) is 7.63. The first kappa shape index (κ1) is 12.3. The lowest BCUT2D eigenvalue weighted by atomic mass is 9.77. The van der Waals surface area contributed by atoms with Crippen LogP contribution in [0.25, 0.3) is 11.1 Å². The largest absolute Gasteiger partial charge is 0.130 e. The van der Waals surface area contributed by atoms with Crippen molar-refractivity contribution in [2.24, 2.45) is 0 Å². The maximum absolute atomic E-state index is 4.17. The quantitative estimate of drug-likeness (QED) is 0.680. The molecular weight excluding hydrogens is 248 g/mol. The molecule has 0 atom stereocenters. The topological polar surface area (TPSA) is 0 Å². The maximum Gasteiger partial charge on any atom is 0.00695 e. The Hall–Kier alpha value is -1.73. The van der Waals surface area contributed by atoms with Crippen molar-refractivity contribution in [3.8, 4) is 0 Å². The number of rotatable bonds is 3. The molecule has 0 saturated carbocycles. The minimum atomic E-state index is 1.00. The van der Waals surface area contributed by atoms with Gasteiger partial charge in [0.25, 0.3) is 0 Å². The van der Waals surface area contributed by atoms with Crippen LogP contribution in [0, 0.1) is 0 Å². The summed E-state index contributed by atoms with van der Waals surface area (Å²) in [7, 11) is 0. The summed E-state index contributed by atoms with van der Waals surface area (Å²) in [6.45, 7) is 4.17. The predicted molar refractivity (Wildman–Crippen MR) is 85.2 cm³/mol. The van der Waals surface area contributed by atoms with Gasteiger partial charge in [-0.2, -0.15) is 0 Å². The fourth-order valence-electron chi connectivity index (χ4n) is 2.52. The Labute approximate surface area is 118 Å². The van der Waals surface area contributed by atoms with Gasteiger partial charge in [0.15, 0.2) is 0 Å². The normalized spacial score (nSPS) is 14.5. The van der Waals surface area contributed by atoms with Gasteiger partial charge >= 0.3 is 0 Å². The number of thioether (sulfide) groups is 1. The van der Waals surface area contributed by atoms with Crippen LogP contribution in [0.4, 0.5) is 0 Å². The number of hydrogen-bond acceptors (Lipinski definition) is 1. The number of benzene rings is 2. The Bertz CT molecular complexity index is 633. The third kappa shape index (κ3) is 2.26. The fourth-order valence-corrected chi connectivity index (χ4v) is 2.93. The van der Waals surface area contributed by atoms with E-state index in [0.717, 1.165) is 6.42 Å². The van der Waals surface area contributed by atoms with Crippen LogP contribution in [-0.4, -0.2) is 6.26 Å². The molecule has 0 heterocycles. The molecule has 0 fully saturated rings. The van der Waals surface area contributed by atoms with Gasteiger partial charge in [-0.3, -0.25) is 0 Å². The minimum Gasteiger partial charge on any atom is -0.130 e. The van der Waals surface area contributed by atoms with E-state index < -0.39 is 0 Å². The van der Waals surface area contributed by atoms with Crippen molar-refractivity contribution in [1.82, 2.24) is 0 Å². The van der Waals surface area contributed by atoms with Crippen LogP contribution >= 0.6 is 11.8 Å². The molecule has 94 valence electrons. The van der Waals surface area contributed by atoms with Gasteiger partial charge in [0.1, 0.15) is 0 Å². The van der Waals surface area contributed by atoms with E-state index in [4.69, 9.17) is 0 Å². The summed E-state index contributed by atoms with van der Waals surface area (Å²) in [6.07, 6.45) is 3.11. The van der Waals surface area contributed by atoms with Crippen LogP contribution in [0.3, 0.4) is 0 Å². The number of hydrogen-bond donors (Lipinski definition) is 0. The molecule has 19 heavy (non-hydrogen) atoms. The molecule has 0 unspecified atom stereocenters. The summed E-state index contributed by atoms with van der Waals surface area (Å²) in [6, 6.07) is 19.4. The summed E-state index contributed by atoms with van der Waals surface area (Å²) < 4.78 is 0. The molecule has 3 rings (SSSR count). The molecule has 1 heteroatoms. The van der Waals surface area contributed by atoms with Crippen LogP contribution in [0.1, 0.15) is 17.5 Å². The molecule has 0 radical (unpaired) electrons. The van der Waals surface area contributed by atoms with Crippen molar-refractivity contribution in [3.63, 3.8) is 0 Å². The van der Waals surface area contributed by atoms with Crippen molar-refractivity contribution in [3.05, 3.63) is 77.9 Å². The summed E-state index contributed by atoms with van der Waals surface area (Å²) in [4.78, 5) is 1.31. The third-order valence-electron chi connectivity index (χ3n) is 3.55. The SMILES string of the molecule is C=C1CC(c2ccc(SC)cc2)=C1c1ccccc1. The van der Waals surface area contributed by atoms with Gasteiger partial charge in [-0.05, 0) is 52.7 Å². The average molecular weight is 264 g/mol. The van der Waals surface area contributed by atoms with Crippen LogP contribution in [-0.2, 0) is 0 Å². The van der Waals surface area contributed by atoms with Gasteiger partial charge in [0.2, 0.25) is 0 Å². The standard InChI is InChI=1S/C18H16S/c1-13-12-17(14-8-10-16(19-2)11-9-14)18(13)15-6-4-3-5-7-15/h3-11H,1,12H2,2H3. The van der Waals surface area contributed by atoms with Crippen LogP contribution in [0.5, 0.6) is 0 Å². The zero-order valence-corrected chi connectivity index (χ0v) is 11.8. The van der Waals surface area contributed by atoms with Gasteiger partial charge < -0.3 is 0 Å². The van der Waals surface area contributed by atoms with Crippen molar-refractivity contribution >= 4 is 22.9 Å². The predicted octanol–water partition coefficient (Wildman–Crippen LogP) is 5.28. The summed E-state index contributed by atoms with van der Waals surface area (Å²) in [5, 5.41) is 0. The van der Waals surface area contributed by atoms with Gasteiger partial charge in [-0.1, -0.05) is 49.0 Å². The van der Waals surface area contributed by atoms with E-state index in [2.05, 4.69) is 67.4 Å². The third-order valence-corrected chi connectivity index (χ3v) is 4.29. The zero-order valence-electron chi connectivity index (χ0n) is 11.0. The summed E-state index contributed by atoms with van der Waals surface area (Å²) >= 11 is 1.78. The van der Waals surface area contributed by atoms with Crippen LogP contribution < -0.4 is 0 Å². The first-order chi connectivity index (χ1) is 9.29. The molecular formula is C18H16S.